The van der Waals surface area contributed by atoms with Crippen molar-refractivity contribution in [1.82, 2.24) is 15.3 Å². The number of hydrogen-bond donors (Lipinski definition) is 2. The zero-order chi connectivity index (χ0) is 7.68. The second-order valence-electron chi connectivity index (χ2n) is 2.83. The minimum Gasteiger partial charge on any atom is -0.336 e. The largest absolute Gasteiger partial charge is 0.336 e. The first-order chi connectivity index (χ1) is 5.34. The molecule has 0 aromatic carbocycles. The van der Waals surface area contributed by atoms with E-state index in [-0.39, 0.29) is 0 Å². The minimum absolute atomic E-state index is 0.749. The van der Waals surface area contributed by atoms with Gasteiger partial charge < -0.3 is 10.3 Å². The highest BCUT2D eigenvalue weighted by Crippen LogP contribution is 2.18. The predicted molar refractivity (Wildman–Crippen MR) is 46.1 cm³/mol. The van der Waals surface area contributed by atoms with E-state index in [0.717, 1.165) is 23.0 Å². The molecule has 0 amide bonds. The van der Waals surface area contributed by atoms with Crippen molar-refractivity contribution in [2.24, 2.45) is 0 Å². The van der Waals surface area contributed by atoms with Gasteiger partial charge in [-0.3, -0.25) is 0 Å². The van der Waals surface area contributed by atoms with Crippen molar-refractivity contribution < 1.29 is 0 Å². The topological polar surface area (TPSA) is 40.7 Å². The van der Waals surface area contributed by atoms with Gasteiger partial charge >= 0.3 is 0 Å². The van der Waals surface area contributed by atoms with Crippen LogP contribution in [-0.4, -0.2) is 16.0 Å². The van der Waals surface area contributed by atoms with Crippen LogP contribution in [0.1, 0.15) is 18.7 Å². The summed E-state index contributed by atoms with van der Waals surface area (Å²) in [5, 5.41) is 3.37. The molecule has 0 radical (unpaired) electrons. The van der Waals surface area contributed by atoms with Crippen molar-refractivity contribution in [3.63, 3.8) is 0 Å². The Bertz CT molecular complexity index is 242. The van der Waals surface area contributed by atoms with Gasteiger partial charge in [-0.1, -0.05) is 0 Å². The van der Waals surface area contributed by atoms with Crippen molar-refractivity contribution in [2.75, 3.05) is 0 Å². The van der Waals surface area contributed by atoms with Crippen LogP contribution in [0.25, 0.3) is 0 Å². The maximum Gasteiger partial charge on any atom is 0.120 e. The number of aromatic amines is 1. The Kier molecular flexibility index (Phi) is 1.96. The second kappa shape index (κ2) is 2.95. The second-order valence-corrected chi connectivity index (χ2v) is 3.69. The fraction of sp³-hybridized carbons (Fsp3) is 0.571. The van der Waals surface area contributed by atoms with Crippen LogP contribution in [0.2, 0.25) is 0 Å². The van der Waals surface area contributed by atoms with Gasteiger partial charge in [-0.2, -0.15) is 0 Å². The molecule has 0 atom stereocenters. The van der Waals surface area contributed by atoms with Gasteiger partial charge in [0.1, 0.15) is 10.4 Å². The van der Waals surface area contributed by atoms with Gasteiger partial charge in [-0.05, 0) is 28.8 Å². The van der Waals surface area contributed by atoms with Gasteiger partial charge in [0.05, 0.1) is 12.7 Å². The molecule has 1 aromatic heterocycles. The molecule has 0 saturated heterocycles. The third kappa shape index (κ3) is 2.04. The molecular formula is C7H10BrN3. The fourth-order valence-electron chi connectivity index (χ4n) is 0.955. The van der Waals surface area contributed by atoms with E-state index in [0.29, 0.717) is 0 Å². The Morgan fingerprint density at radius 1 is 1.73 bits per heavy atom. The molecule has 0 spiro atoms. The summed E-state index contributed by atoms with van der Waals surface area (Å²) in [6.45, 7) is 0.857. The van der Waals surface area contributed by atoms with Crippen LogP contribution in [-0.2, 0) is 6.54 Å². The lowest BCUT2D eigenvalue weighted by atomic mass is 10.5. The summed E-state index contributed by atoms with van der Waals surface area (Å²) in [5.41, 5.74) is 0. The Morgan fingerprint density at radius 2 is 2.55 bits per heavy atom. The van der Waals surface area contributed by atoms with E-state index in [1.165, 1.54) is 12.8 Å². The number of nitrogens with zero attached hydrogens (tertiary/aromatic N) is 1. The number of imidazole rings is 1. The quantitative estimate of drug-likeness (QED) is 0.802. The number of H-pyrrole nitrogens is 1. The maximum atomic E-state index is 4.15. The Labute approximate surface area is 73.7 Å². The van der Waals surface area contributed by atoms with E-state index >= 15 is 0 Å². The van der Waals surface area contributed by atoms with Crippen molar-refractivity contribution in [2.45, 2.75) is 25.4 Å². The molecule has 0 bridgehead atoms. The number of rotatable bonds is 3. The number of halogens is 1. The van der Waals surface area contributed by atoms with Gasteiger partial charge in [0.15, 0.2) is 0 Å². The fourth-order valence-corrected chi connectivity index (χ4v) is 1.29. The molecule has 1 saturated carbocycles. The Hall–Kier alpha value is -0.350. The van der Waals surface area contributed by atoms with Crippen LogP contribution < -0.4 is 5.32 Å². The third-order valence-electron chi connectivity index (χ3n) is 1.73. The summed E-state index contributed by atoms with van der Waals surface area (Å²) in [5.74, 6) is 1.00. The highest BCUT2D eigenvalue weighted by molar-refractivity contribution is 9.10. The van der Waals surface area contributed by atoms with E-state index in [2.05, 4.69) is 31.2 Å². The lowest BCUT2D eigenvalue weighted by molar-refractivity contribution is 0.663. The molecule has 2 N–H and O–H groups in total. The molecule has 1 aliphatic rings. The van der Waals surface area contributed by atoms with Gasteiger partial charge in [0.2, 0.25) is 0 Å². The van der Waals surface area contributed by atoms with Crippen LogP contribution in [0.4, 0.5) is 0 Å². The van der Waals surface area contributed by atoms with Gasteiger partial charge in [0, 0.05) is 6.04 Å². The molecule has 11 heavy (non-hydrogen) atoms. The summed E-state index contributed by atoms with van der Waals surface area (Å²) >= 11 is 3.31. The summed E-state index contributed by atoms with van der Waals surface area (Å²) in [6, 6.07) is 0.749. The zero-order valence-electron chi connectivity index (χ0n) is 6.10. The van der Waals surface area contributed by atoms with Crippen molar-refractivity contribution in [3.05, 3.63) is 16.6 Å². The molecule has 1 aliphatic carbocycles. The highest BCUT2D eigenvalue weighted by Gasteiger charge is 2.20. The first-order valence-corrected chi connectivity index (χ1v) is 4.56. The summed E-state index contributed by atoms with van der Waals surface area (Å²) in [7, 11) is 0. The average molecular weight is 216 g/mol. The van der Waals surface area contributed by atoms with Gasteiger partial charge in [-0.15, -0.1) is 0 Å². The van der Waals surface area contributed by atoms with E-state index < -0.39 is 0 Å². The van der Waals surface area contributed by atoms with Crippen molar-refractivity contribution in [1.29, 1.82) is 0 Å². The Morgan fingerprint density at radius 3 is 3.09 bits per heavy atom. The normalized spacial score (nSPS) is 17.2. The van der Waals surface area contributed by atoms with Crippen LogP contribution in [0.5, 0.6) is 0 Å². The molecular weight excluding hydrogens is 206 g/mol. The monoisotopic (exact) mass is 215 g/mol. The maximum absolute atomic E-state index is 4.15. The lowest BCUT2D eigenvalue weighted by Crippen LogP contribution is -2.16. The molecule has 2 rings (SSSR count). The van der Waals surface area contributed by atoms with Gasteiger partial charge in [-0.25, -0.2) is 4.98 Å². The van der Waals surface area contributed by atoms with Crippen molar-refractivity contribution >= 4 is 15.9 Å². The first-order valence-electron chi connectivity index (χ1n) is 3.77. The third-order valence-corrected chi connectivity index (χ3v) is 2.14. The van der Waals surface area contributed by atoms with E-state index in [9.17, 15) is 0 Å². The van der Waals surface area contributed by atoms with Crippen LogP contribution >= 0.6 is 15.9 Å². The van der Waals surface area contributed by atoms with E-state index in [1.54, 1.807) is 6.20 Å². The standard InChI is InChI=1S/C7H10BrN3/c8-6-3-10-7(11-6)4-9-5-1-2-5/h3,5,9H,1-2,4H2,(H,10,11). The van der Waals surface area contributed by atoms with E-state index in [1.807, 2.05) is 0 Å². The average Bonchev–Trinajstić information content (AvgIpc) is 2.72. The Balaban J connectivity index is 1.85. The number of hydrogen-bond acceptors (Lipinski definition) is 2. The molecule has 3 nitrogen and oxygen atoms in total. The molecule has 4 heteroatoms. The van der Waals surface area contributed by atoms with Crippen LogP contribution in [0, 0.1) is 0 Å². The molecule has 1 fully saturated rings. The van der Waals surface area contributed by atoms with Crippen molar-refractivity contribution in [3.8, 4) is 0 Å². The predicted octanol–water partition coefficient (Wildman–Crippen LogP) is 1.42. The smallest absolute Gasteiger partial charge is 0.120 e. The summed E-state index contributed by atoms with van der Waals surface area (Å²) < 4.78 is 0.949. The zero-order valence-corrected chi connectivity index (χ0v) is 7.69. The van der Waals surface area contributed by atoms with Crippen LogP contribution in [0.3, 0.4) is 0 Å². The number of aromatic nitrogens is 2. The molecule has 0 unspecified atom stereocenters. The molecule has 1 heterocycles. The molecule has 1 aromatic rings. The van der Waals surface area contributed by atoms with E-state index in [4.69, 9.17) is 0 Å². The number of nitrogens with one attached hydrogen (secondary N) is 2. The SMILES string of the molecule is Brc1cnc(CNC2CC2)[nH]1. The minimum atomic E-state index is 0.749. The lowest BCUT2D eigenvalue weighted by Gasteiger charge is -1.96. The highest BCUT2D eigenvalue weighted by atomic mass is 79.9. The molecule has 60 valence electrons. The summed E-state index contributed by atoms with van der Waals surface area (Å²) in [4.78, 5) is 7.25. The summed E-state index contributed by atoms with van der Waals surface area (Å²) in [6.07, 6.45) is 4.42. The van der Waals surface area contributed by atoms with Gasteiger partial charge in [0.25, 0.3) is 0 Å². The first kappa shape index (κ1) is 7.31. The molecule has 0 aliphatic heterocycles. The van der Waals surface area contributed by atoms with Crippen LogP contribution in [0.15, 0.2) is 10.8 Å².